The summed E-state index contributed by atoms with van der Waals surface area (Å²) >= 11 is 0. The lowest BCUT2D eigenvalue weighted by Crippen LogP contribution is -2.43. The largest absolute Gasteiger partial charge is 0.371 e. The Morgan fingerprint density at radius 3 is 2.68 bits per heavy atom. The molecule has 3 amide bonds. The normalized spacial score (nSPS) is 18.9. The fourth-order valence-corrected chi connectivity index (χ4v) is 3.62. The number of hydrogen-bond acceptors (Lipinski definition) is 3. The summed E-state index contributed by atoms with van der Waals surface area (Å²) in [5.74, 6) is -0.692. The van der Waals surface area contributed by atoms with E-state index < -0.39 is 5.82 Å². The van der Waals surface area contributed by atoms with Crippen molar-refractivity contribution in [2.75, 3.05) is 31.1 Å². The molecule has 0 saturated carbocycles. The molecule has 0 aromatic heterocycles. The molecule has 0 bridgehead atoms. The average Bonchev–Trinajstić information content (AvgIpc) is 3.06. The lowest BCUT2D eigenvalue weighted by Gasteiger charge is -2.26. The molecule has 1 saturated heterocycles. The van der Waals surface area contributed by atoms with Crippen LogP contribution in [-0.2, 0) is 22.6 Å². The minimum Gasteiger partial charge on any atom is -0.371 e. The molecule has 2 aliphatic heterocycles. The van der Waals surface area contributed by atoms with Gasteiger partial charge in [-0.1, -0.05) is 36.4 Å². The molecular weight excluding hydrogens is 361 g/mol. The molecule has 2 aromatic rings. The number of para-hydroxylation sites is 1. The summed E-state index contributed by atoms with van der Waals surface area (Å²) in [5.41, 5.74) is 2.66. The standard InChI is InChI=1S/C21H22FN3O3/c22-18-7-3-4-8-19(18)25-10-9-24(21(25)27)13-20(26)23-12-17-11-15-5-1-2-6-16(15)14-28-17/h1-8,17H,9-14H2,(H,23,26). The third kappa shape index (κ3) is 3.84. The van der Waals surface area contributed by atoms with Crippen LogP contribution < -0.4 is 10.2 Å². The zero-order chi connectivity index (χ0) is 19.5. The first-order valence-electron chi connectivity index (χ1n) is 9.38. The first kappa shape index (κ1) is 18.4. The number of benzene rings is 2. The number of carbonyl (C=O) groups is 2. The maximum atomic E-state index is 13.9. The van der Waals surface area contributed by atoms with Gasteiger partial charge in [-0.15, -0.1) is 0 Å². The Kier molecular flexibility index (Phi) is 5.25. The first-order valence-corrected chi connectivity index (χ1v) is 9.38. The molecule has 2 aromatic carbocycles. The number of nitrogens with one attached hydrogen (secondary N) is 1. The molecule has 6 nitrogen and oxygen atoms in total. The van der Waals surface area contributed by atoms with E-state index in [4.69, 9.17) is 4.74 Å². The molecule has 1 unspecified atom stereocenters. The number of fused-ring (bicyclic) bond motifs is 1. The fraction of sp³-hybridized carbons (Fsp3) is 0.333. The van der Waals surface area contributed by atoms with Crippen LogP contribution in [0.25, 0.3) is 0 Å². The van der Waals surface area contributed by atoms with Crippen LogP contribution in [0, 0.1) is 5.82 Å². The predicted octanol–water partition coefficient (Wildman–Crippen LogP) is 2.33. The zero-order valence-electron chi connectivity index (χ0n) is 15.4. The molecule has 1 N–H and O–H groups in total. The van der Waals surface area contributed by atoms with Crippen molar-refractivity contribution in [2.24, 2.45) is 0 Å². The molecule has 146 valence electrons. The highest BCUT2D eigenvalue weighted by molar-refractivity contribution is 5.96. The fourth-order valence-electron chi connectivity index (χ4n) is 3.62. The van der Waals surface area contributed by atoms with E-state index in [1.165, 1.54) is 27.0 Å². The summed E-state index contributed by atoms with van der Waals surface area (Å²) in [6.07, 6.45) is 0.670. The van der Waals surface area contributed by atoms with E-state index in [-0.39, 0.29) is 30.3 Å². The van der Waals surface area contributed by atoms with Gasteiger partial charge in [0.05, 0.1) is 18.4 Å². The summed E-state index contributed by atoms with van der Waals surface area (Å²) in [4.78, 5) is 27.6. The van der Waals surface area contributed by atoms with Crippen molar-refractivity contribution < 1.29 is 18.7 Å². The SMILES string of the molecule is O=C(CN1CCN(c2ccccc2F)C1=O)NCC1Cc2ccccc2CO1. The summed E-state index contributed by atoms with van der Waals surface area (Å²) in [6.45, 7) is 1.63. The van der Waals surface area contributed by atoms with Crippen LogP contribution in [0.4, 0.5) is 14.9 Å². The van der Waals surface area contributed by atoms with Crippen LogP contribution in [0.15, 0.2) is 48.5 Å². The maximum absolute atomic E-state index is 13.9. The van der Waals surface area contributed by atoms with Gasteiger partial charge in [0.15, 0.2) is 0 Å². The molecular formula is C21H22FN3O3. The Bertz CT molecular complexity index is 889. The number of nitrogens with zero attached hydrogens (tertiary/aromatic N) is 2. The quantitative estimate of drug-likeness (QED) is 0.862. The highest BCUT2D eigenvalue weighted by Gasteiger charge is 2.32. The van der Waals surface area contributed by atoms with Crippen molar-refractivity contribution in [1.29, 1.82) is 0 Å². The van der Waals surface area contributed by atoms with Crippen LogP contribution in [-0.4, -0.2) is 49.1 Å². The van der Waals surface area contributed by atoms with Gasteiger partial charge >= 0.3 is 6.03 Å². The van der Waals surface area contributed by atoms with Gasteiger partial charge in [-0.25, -0.2) is 9.18 Å². The van der Waals surface area contributed by atoms with Crippen molar-refractivity contribution in [3.63, 3.8) is 0 Å². The zero-order valence-corrected chi connectivity index (χ0v) is 15.4. The lowest BCUT2D eigenvalue weighted by molar-refractivity contribution is -0.122. The molecule has 1 fully saturated rings. The number of ether oxygens (including phenoxy) is 1. The Labute approximate surface area is 162 Å². The minimum atomic E-state index is -0.447. The van der Waals surface area contributed by atoms with Gasteiger partial charge in [-0.3, -0.25) is 9.69 Å². The second-order valence-electron chi connectivity index (χ2n) is 7.02. The van der Waals surface area contributed by atoms with Crippen LogP contribution in [0.3, 0.4) is 0 Å². The number of halogens is 1. The number of amides is 3. The van der Waals surface area contributed by atoms with Crippen molar-refractivity contribution in [3.05, 3.63) is 65.5 Å². The van der Waals surface area contributed by atoms with E-state index in [9.17, 15) is 14.0 Å². The van der Waals surface area contributed by atoms with Gasteiger partial charge in [0, 0.05) is 26.1 Å². The molecule has 2 heterocycles. The Morgan fingerprint density at radius 1 is 1.11 bits per heavy atom. The topological polar surface area (TPSA) is 61.9 Å². The minimum absolute atomic E-state index is 0.0485. The Hall–Kier alpha value is -2.93. The molecule has 4 rings (SSSR count). The third-order valence-corrected chi connectivity index (χ3v) is 5.14. The molecule has 2 aliphatic rings. The highest BCUT2D eigenvalue weighted by atomic mass is 19.1. The van der Waals surface area contributed by atoms with Gasteiger partial charge in [0.2, 0.25) is 5.91 Å². The predicted molar refractivity (Wildman–Crippen MR) is 102 cm³/mol. The van der Waals surface area contributed by atoms with E-state index in [1.54, 1.807) is 18.2 Å². The number of rotatable bonds is 5. The average molecular weight is 383 g/mol. The first-order chi connectivity index (χ1) is 13.6. The number of carbonyl (C=O) groups excluding carboxylic acids is 2. The van der Waals surface area contributed by atoms with Crippen molar-refractivity contribution >= 4 is 17.6 Å². The molecule has 0 radical (unpaired) electrons. The smallest absolute Gasteiger partial charge is 0.325 e. The van der Waals surface area contributed by atoms with Gasteiger partial charge in [-0.05, 0) is 23.3 Å². The molecule has 0 spiro atoms. The number of hydrogen-bond donors (Lipinski definition) is 1. The van der Waals surface area contributed by atoms with E-state index in [2.05, 4.69) is 11.4 Å². The maximum Gasteiger partial charge on any atom is 0.325 e. The summed E-state index contributed by atoms with van der Waals surface area (Å²) in [7, 11) is 0. The monoisotopic (exact) mass is 383 g/mol. The van der Waals surface area contributed by atoms with Crippen LogP contribution >= 0.6 is 0 Å². The van der Waals surface area contributed by atoms with Gasteiger partial charge in [0.1, 0.15) is 12.4 Å². The van der Waals surface area contributed by atoms with Gasteiger partial charge in [0.25, 0.3) is 0 Å². The molecule has 7 heteroatoms. The summed E-state index contributed by atoms with van der Waals surface area (Å²) in [6, 6.07) is 13.9. The third-order valence-electron chi connectivity index (χ3n) is 5.14. The van der Waals surface area contributed by atoms with Crippen molar-refractivity contribution in [1.82, 2.24) is 10.2 Å². The number of anilines is 1. The van der Waals surface area contributed by atoms with E-state index in [1.807, 2.05) is 18.2 Å². The molecule has 28 heavy (non-hydrogen) atoms. The Balaban J connectivity index is 1.28. The second kappa shape index (κ2) is 7.98. The van der Waals surface area contributed by atoms with Crippen LogP contribution in [0.5, 0.6) is 0 Å². The summed E-state index contributed by atoms with van der Waals surface area (Å²) < 4.78 is 19.7. The van der Waals surface area contributed by atoms with E-state index >= 15 is 0 Å². The molecule has 1 atom stereocenters. The summed E-state index contributed by atoms with van der Waals surface area (Å²) in [5, 5.41) is 2.85. The van der Waals surface area contributed by atoms with Crippen LogP contribution in [0.2, 0.25) is 0 Å². The van der Waals surface area contributed by atoms with Gasteiger partial charge in [-0.2, -0.15) is 0 Å². The molecule has 0 aliphatic carbocycles. The van der Waals surface area contributed by atoms with E-state index in [0.717, 1.165) is 6.42 Å². The van der Waals surface area contributed by atoms with Crippen molar-refractivity contribution in [3.8, 4) is 0 Å². The van der Waals surface area contributed by atoms with Crippen LogP contribution in [0.1, 0.15) is 11.1 Å². The van der Waals surface area contributed by atoms with E-state index in [0.29, 0.717) is 26.2 Å². The highest BCUT2D eigenvalue weighted by Crippen LogP contribution is 2.23. The lowest BCUT2D eigenvalue weighted by atomic mass is 9.99. The van der Waals surface area contributed by atoms with Gasteiger partial charge < -0.3 is 15.0 Å². The number of urea groups is 1. The van der Waals surface area contributed by atoms with Crippen molar-refractivity contribution in [2.45, 2.75) is 19.1 Å². The second-order valence-corrected chi connectivity index (χ2v) is 7.02. The Morgan fingerprint density at radius 2 is 1.86 bits per heavy atom.